The standard InChI is InChI=1S/C15H11FN2O2S/c16-11-5-3-6-12(17)10(11)8-18-14(19)9-4-1-2-7-13(9)21-15(18)20/h1-7H,8,17H2. The molecule has 1 aromatic heterocycles. The van der Waals surface area contributed by atoms with E-state index in [-0.39, 0.29) is 17.8 Å². The normalized spacial score (nSPS) is 10.9. The van der Waals surface area contributed by atoms with E-state index in [2.05, 4.69) is 0 Å². The van der Waals surface area contributed by atoms with Crippen LogP contribution in [0.15, 0.2) is 52.1 Å². The van der Waals surface area contributed by atoms with E-state index in [9.17, 15) is 14.0 Å². The molecule has 0 saturated heterocycles. The molecule has 6 heteroatoms. The molecule has 0 fully saturated rings. The van der Waals surface area contributed by atoms with Crippen molar-refractivity contribution >= 4 is 27.1 Å². The van der Waals surface area contributed by atoms with Crippen LogP contribution >= 0.6 is 11.3 Å². The van der Waals surface area contributed by atoms with Gasteiger partial charge in [-0.25, -0.2) is 4.39 Å². The Balaban J connectivity index is 2.22. The Morgan fingerprint density at radius 1 is 1.10 bits per heavy atom. The predicted molar refractivity (Wildman–Crippen MR) is 82.3 cm³/mol. The minimum atomic E-state index is -0.528. The molecule has 0 aliphatic rings. The van der Waals surface area contributed by atoms with Gasteiger partial charge in [0.2, 0.25) is 0 Å². The second-order valence-electron chi connectivity index (χ2n) is 4.56. The first-order valence-electron chi connectivity index (χ1n) is 6.23. The van der Waals surface area contributed by atoms with Gasteiger partial charge in [0.15, 0.2) is 0 Å². The van der Waals surface area contributed by atoms with Gasteiger partial charge in [-0.05, 0) is 24.3 Å². The lowest BCUT2D eigenvalue weighted by Crippen LogP contribution is -2.31. The molecular formula is C15H11FN2O2S. The van der Waals surface area contributed by atoms with Crippen LogP contribution in [-0.2, 0) is 6.54 Å². The third-order valence-corrected chi connectivity index (χ3v) is 4.22. The second-order valence-corrected chi connectivity index (χ2v) is 5.56. The summed E-state index contributed by atoms with van der Waals surface area (Å²) >= 11 is 0.958. The summed E-state index contributed by atoms with van der Waals surface area (Å²) < 4.78 is 15.5. The minimum Gasteiger partial charge on any atom is -0.398 e. The lowest BCUT2D eigenvalue weighted by atomic mass is 10.1. The number of hydrogen-bond donors (Lipinski definition) is 1. The zero-order chi connectivity index (χ0) is 15.0. The minimum absolute atomic E-state index is 0.152. The van der Waals surface area contributed by atoms with E-state index in [4.69, 9.17) is 5.73 Å². The first-order chi connectivity index (χ1) is 10.1. The van der Waals surface area contributed by atoms with Crippen LogP contribution in [0.1, 0.15) is 5.56 Å². The lowest BCUT2D eigenvalue weighted by Gasteiger charge is -2.09. The van der Waals surface area contributed by atoms with E-state index >= 15 is 0 Å². The van der Waals surface area contributed by atoms with E-state index in [1.165, 1.54) is 12.1 Å². The monoisotopic (exact) mass is 302 g/mol. The molecule has 3 aromatic rings. The summed E-state index contributed by atoms with van der Waals surface area (Å²) in [4.78, 5) is 24.1. The highest BCUT2D eigenvalue weighted by Crippen LogP contribution is 2.17. The van der Waals surface area contributed by atoms with Gasteiger partial charge in [-0.15, -0.1) is 0 Å². The van der Waals surface area contributed by atoms with Gasteiger partial charge in [-0.3, -0.25) is 14.2 Å². The van der Waals surface area contributed by atoms with Gasteiger partial charge in [0.1, 0.15) is 5.82 Å². The summed E-state index contributed by atoms with van der Waals surface area (Å²) in [5, 5.41) is 0.442. The van der Waals surface area contributed by atoms with Gasteiger partial charge in [0.25, 0.3) is 5.56 Å². The van der Waals surface area contributed by atoms with Crippen LogP contribution in [0.4, 0.5) is 10.1 Å². The number of anilines is 1. The van der Waals surface area contributed by atoms with Crippen molar-refractivity contribution < 1.29 is 4.39 Å². The molecule has 0 amide bonds. The summed E-state index contributed by atoms with van der Waals surface area (Å²) in [5.41, 5.74) is 5.67. The average Bonchev–Trinajstić information content (AvgIpc) is 2.46. The molecule has 2 N–H and O–H groups in total. The number of nitrogens with zero attached hydrogens (tertiary/aromatic N) is 1. The number of fused-ring (bicyclic) bond motifs is 1. The topological polar surface area (TPSA) is 65.1 Å². The van der Waals surface area contributed by atoms with E-state index in [1.54, 1.807) is 30.3 Å². The molecule has 0 atom stereocenters. The molecule has 0 radical (unpaired) electrons. The van der Waals surface area contributed by atoms with E-state index in [0.29, 0.717) is 10.1 Å². The summed E-state index contributed by atoms with van der Waals surface area (Å²) in [7, 11) is 0. The molecule has 4 nitrogen and oxygen atoms in total. The van der Waals surface area contributed by atoms with Gasteiger partial charge < -0.3 is 5.73 Å². The molecular weight excluding hydrogens is 291 g/mol. The average molecular weight is 302 g/mol. The van der Waals surface area contributed by atoms with Gasteiger partial charge in [-0.2, -0.15) is 0 Å². The van der Waals surface area contributed by atoms with E-state index < -0.39 is 16.2 Å². The van der Waals surface area contributed by atoms with Crippen molar-refractivity contribution in [3.63, 3.8) is 0 Å². The first kappa shape index (κ1) is 13.5. The molecule has 1 heterocycles. The quantitative estimate of drug-likeness (QED) is 0.738. The molecule has 0 unspecified atom stereocenters. The fourth-order valence-electron chi connectivity index (χ4n) is 2.15. The van der Waals surface area contributed by atoms with Crippen LogP contribution in [0, 0.1) is 5.82 Å². The largest absolute Gasteiger partial charge is 0.398 e. The van der Waals surface area contributed by atoms with Crippen molar-refractivity contribution in [2.45, 2.75) is 6.54 Å². The fraction of sp³-hybridized carbons (Fsp3) is 0.0667. The first-order valence-corrected chi connectivity index (χ1v) is 7.05. The van der Waals surface area contributed by atoms with E-state index in [0.717, 1.165) is 15.9 Å². The highest BCUT2D eigenvalue weighted by Gasteiger charge is 2.12. The number of hydrogen-bond acceptors (Lipinski definition) is 4. The summed E-state index contributed by atoms with van der Waals surface area (Å²) in [6, 6.07) is 11.1. The van der Waals surface area contributed by atoms with Crippen LogP contribution in [0.2, 0.25) is 0 Å². The smallest absolute Gasteiger partial charge is 0.310 e. The summed E-state index contributed by atoms with van der Waals surface area (Å²) in [6.07, 6.45) is 0. The molecule has 0 saturated carbocycles. The SMILES string of the molecule is Nc1cccc(F)c1Cn1c(=O)sc2ccccc2c1=O. The number of aromatic nitrogens is 1. The van der Waals surface area contributed by atoms with Crippen LogP contribution in [0.5, 0.6) is 0 Å². The molecule has 21 heavy (non-hydrogen) atoms. The number of rotatable bonds is 2. The molecule has 0 aliphatic heterocycles. The van der Waals surface area contributed by atoms with Gasteiger partial charge in [-0.1, -0.05) is 29.5 Å². The van der Waals surface area contributed by atoms with E-state index in [1.807, 2.05) is 0 Å². The van der Waals surface area contributed by atoms with Crippen molar-refractivity contribution in [3.8, 4) is 0 Å². The van der Waals surface area contributed by atoms with Crippen molar-refractivity contribution in [2.24, 2.45) is 0 Å². The number of halogens is 1. The highest BCUT2D eigenvalue weighted by molar-refractivity contribution is 7.16. The molecule has 0 spiro atoms. The molecule has 0 bridgehead atoms. The fourth-order valence-corrected chi connectivity index (χ4v) is 3.00. The maximum absolute atomic E-state index is 13.8. The number of nitrogen functional groups attached to an aromatic ring is 1. The van der Waals surface area contributed by atoms with Crippen LogP contribution in [0.25, 0.3) is 10.1 Å². The van der Waals surface area contributed by atoms with Crippen LogP contribution in [0.3, 0.4) is 0 Å². The second kappa shape index (κ2) is 5.14. The zero-order valence-electron chi connectivity index (χ0n) is 10.9. The van der Waals surface area contributed by atoms with Crippen molar-refractivity contribution in [1.29, 1.82) is 0 Å². The third kappa shape index (κ3) is 2.34. The Labute approximate surface area is 122 Å². The van der Waals surface area contributed by atoms with Crippen molar-refractivity contribution in [1.82, 2.24) is 4.57 Å². The molecule has 3 rings (SSSR count). The number of nitrogens with two attached hydrogens (primary N) is 1. The van der Waals surface area contributed by atoms with Gasteiger partial charge in [0, 0.05) is 16.0 Å². The maximum atomic E-state index is 13.8. The Morgan fingerprint density at radius 3 is 2.62 bits per heavy atom. The Kier molecular flexibility index (Phi) is 3.31. The Hall–Kier alpha value is -2.47. The zero-order valence-corrected chi connectivity index (χ0v) is 11.7. The third-order valence-electron chi connectivity index (χ3n) is 3.25. The molecule has 0 aliphatic carbocycles. The predicted octanol–water partition coefficient (Wildman–Crippen LogP) is 2.19. The van der Waals surface area contributed by atoms with Gasteiger partial charge in [0.05, 0.1) is 11.9 Å². The summed E-state index contributed by atoms with van der Waals surface area (Å²) in [6.45, 7) is -0.169. The number of benzene rings is 2. The maximum Gasteiger partial charge on any atom is 0.310 e. The molecule has 106 valence electrons. The van der Waals surface area contributed by atoms with Crippen LogP contribution in [-0.4, -0.2) is 4.57 Å². The lowest BCUT2D eigenvalue weighted by molar-refractivity contribution is 0.596. The Morgan fingerprint density at radius 2 is 1.86 bits per heavy atom. The van der Waals surface area contributed by atoms with Crippen LogP contribution < -0.4 is 16.2 Å². The Bertz CT molecular complexity index is 926. The highest BCUT2D eigenvalue weighted by atomic mass is 32.1. The van der Waals surface area contributed by atoms with Crippen molar-refractivity contribution in [2.75, 3.05) is 5.73 Å². The molecule has 2 aromatic carbocycles. The van der Waals surface area contributed by atoms with Crippen molar-refractivity contribution in [3.05, 3.63) is 73.9 Å². The summed E-state index contributed by atoms with van der Waals surface area (Å²) in [5.74, 6) is -0.528. The van der Waals surface area contributed by atoms with Gasteiger partial charge >= 0.3 is 4.87 Å².